The van der Waals surface area contributed by atoms with Gasteiger partial charge in [0.05, 0.1) is 10.6 Å². The topological polar surface area (TPSA) is 12.9 Å². The standard InChI is InChI=1S/C20H32F3NS/c1-3-5-7-9-11-13-18(12-10-8-6-4-2)25-19-15-14-17(16-24-19)20(21,22)23/h14-16,18H,3-13H2,1-2H3. The van der Waals surface area contributed by atoms with Gasteiger partial charge in [0, 0.05) is 11.4 Å². The third-order valence-electron chi connectivity index (χ3n) is 4.36. The summed E-state index contributed by atoms with van der Waals surface area (Å²) in [5.74, 6) is 0. The Balaban J connectivity index is 2.52. The van der Waals surface area contributed by atoms with Crippen LogP contribution in [0.4, 0.5) is 13.2 Å². The lowest BCUT2D eigenvalue weighted by molar-refractivity contribution is -0.137. The molecule has 0 aliphatic heterocycles. The Morgan fingerprint density at radius 1 is 0.880 bits per heavy atom. The van der Waals surface area contributed by atoms with E-state index in [9.17, 15) is 13.2 Å². The van der Waals surface area contributed by atoms with Crippen LogP contribution in [-0.4, -0.2) is 10.2 Å². The van der Waals surface area contributed by atoms with Crippen LogP contribution in [0.15, 0.2) is 23.4 Å². The molecular formula is C20H32F3NS. The Hall–Kier alpha value is -0.710. The highest BCUT2D eigenvalue weighted by molar-refractivity contribution is 7.99. The maximum Gasteiger partial charge on any atom is 0.417 e. The zero-order valence-corrected chi connectivity index (χ0v) is 16.4. The first-order valence-corrected chi connectivity index (χ1v) is 10.5. The molecule has 0 spiro atoms. The van der Waals surface area contributed by atoms with Crippen LogP contribution in [0.2, 0.25) is 0 Å². The maximum absolute atomic E-state index is 12.6. The maximum atomic E-state index is 12.6. The Morgan fingerprint density at radius 3 is 1.92 bits per heavy atom. The molecular weight excluding hydrogens is 343 g/mol. The van der Waals surface area contributed by atoms with E-state index in [4.69, 9.17) is 0 Å². The zero-order chi connectivity index (χ0) is 18.5. The molecule has 1 nitrogen and oxygen atoms in total. The van der Waals surface area contributed by atoms with Crippen LogP contribution in [0.1, 0.15) is 90.0 Å². The average molecular weight is 376 g/mol. The second-order valence-corrected chi connectivity index (χ2v) is 8.00. The fraction of sp³-hybridized carbons (Fsp3) is 0.750. The minimum Gasteiger partial charge on any atom is -0.249 e. The highest BCUT2D eigenvalue weighted by atomic mass is 32.2. The lowest BCUT2D eigenvalue weighted by Gasteiger charge is -2.16. The van der Waals surface area contributed by atoms with Crippen LogP contribution in [0.25, 0.3) is 0 Å². The number of hydrogen-bond donors (Lipinski definition) is 0. The van der Waals surface area contributed by atoms with Crippen LogP contribution in [0.3, 0.4) is 0 Å². The molecule has 1 atom stereocenters. The van der Waals surface area contributed by atoms with Crippen molar-refractivity contribution in [3.8, 4) is 0 Å². The van der Waals surface area contributed by atoms with Gasteiger partial charge in [-0.3, -0.25) is 0 Å². The molecule has 0 aliphatic rings. The van der Waals surface area contributed by atoms with Crippen molar-refractivity contribution >= 4 is 11.8 Å². The molecule has 1 aromatic rings. The molecule has 0 amide bonds. The molecule has 0 N–H and O–H groups in total. The third kappa shape index (κ3) is 10.1. The largest absolute Gasteiger partial charge is 0.417 e. The Morgan fingerprint density at radius 2 is 1.44 bits per heavy atom. The Labute approximate surface area is 155 Å². The fourth-order valence-electron chi connectivity index (χ4n) is 2.82. The number of aromatic nitrogens is 1. The van der Waals surface area contributed by atoms with E-state index < -0.39 is 11.7 Å². The number of halogens is 3. The molecule has 144 valence electrons. The van der Waals surface area contributed by atoms with Gasteiger partial charge in [-0.15, -0.1) is 11.8 Å². The molecule has 1 rings (SSSR count). The SMILES string of the molecule is CCCCCCCC(CCCCCC)Sc1ccc(C(F)(F)F)cn1. The molecule has 0 saturated carbocycles. The van der Waals surface area contributed by atoms with Crippen molar-refractivity contribution in [1.82, 2.24) is 4.98 Å². The summed E-state index contributed by atoms with van der Waals surface area (Å²) >= 11 is 1.65. The van der Waals surface area contributed by atoms with Crippen LogP contribution < -0.4 is 0 Å². The summed E-state index contributed by atoms with van der Waals surface area (Å²) in [5.41, 5.74) is -0.670. The number of nitrogens with zero attached hydrogens (tertiary/aromatic N) is 1. The lowest BCUT2D eigenvalue weighted by Crippen LogP contribution is -2.07. The summed E-state index contributed by atoms with van der Waals surface area (Å²) in [7, 11) is 0. The summed E-state index contributed by atoms with van der Waals surface area (Å²) in [6.07, 6.45) is 10.1. The smallest absolute Gasteiger partial charge is 0.249 e. The second kappa shape index (κ2) is 12.6. The van der Waals surface area contributed by atoms with Gasteiger partial charge in [0.2, 0.25) is 0 Å². The minimum absolute atomic E-state index is 0.461. The van der Waals surface area contributed by atoms with Gasteiger partial charge in [-0.25, -0.2) is 4.98 Å². The fourth-order valence-corrected chi connectivity index (χ4v) is 4.00. The summed E-state index contributed by atoms with van der Waals surface area (Å²) in [5, 5.41) is 1.17. The average Bonchev–Trinajstić information content (AvgIpc) is 2.58. The first-order valence-electron chi connectivity index (χ1n) is 9.67. The number of unbranched alkanes of at least 4 members (excludes halogenated alkanes) is 7. The molecule has 1 unspecified atom stereocenters. The summed E-state index contributed by atoms with van der Waals surface area (Å²) < 4.78 is 37.9. The lowest BCUT2D eigenvalue weighted by atomic mass is 10.0. The van der Waals surface area contributed by atoms with E-state index in [1.165, 1.54) is 63.9 Å². The van der Waals surface area contributed by atoms with Crippen LogP contribution in [0.5, 0.6) is 0 Å². The molecule has 0 aromatic carbocycles. The molecule has 1 heterocycles. The van der Waals surface area contributed by atoms with E-state index in [2.05, 4.69) is 18.8 Å². The van der Waals surface area contributed by atoms with Crippen molar-refractivity contribution < 1.29 is 13.2 Å². The van der Waals surface area contributed by atoms with Gasteiger partial charge in [-0.2, -0.15) is 13.2 Å². The van der Waals surface area contributed by atoms with Gasteiger partial charge in [-0.05, 0) is 25.0 Å². The molecule has 0 bridgehead atoms. The normalized spacial score (nSPS) is 13.2. The van der Waals surface area contributed by atoms with E-state index >= 15 is 0 Å². The number of rotatable bonds is 13. The predicted octanol–water partition coefficient (Wildman–Crippen LogP) is 7.89. The van der Waals surface area contributed by atoms with Crippen molar-refractivity contribution in [3.63, 3.8) is 0 Å². The van der Waals surface area contributed by atoms with Crippen LogP contribution >= 0.6 is 11.8 Å². The van der Waals surface area contributed by atoms with Crippen molar-refractivity contribution in [2.45, 2.75) is 101 Å². The highest BCUT2D eigenvalue weighted by Gasteiger charge is 2.30. The number of thioether (sulfide) groups is 1. The third-order valence-corrected chi connectivity index (χ3v) is 5.65. The molecule has 0 saturated heterocycles. The highest BCUT2D eigenvalue weighted by Crippen LogP contribution is 2.32. The molecule has 0 radical (unpaired) electrons. The minimum atomic E-state index is -4.31. The van der Waals surface area contributed by atoms with Gasteiger partial charge in [0.15, 0.2) is 0 Å². The Kier molecular flexibility index (Phi) is 11.3. The summed E-state index contributed by atoms with van der Waals surface area (Å²) in [6, 6.07) is 2.66. The molecule has 0 aliphatic carbocycles. The molecule has 25 heavy (non-hydrogen) atoms. The first-order chi connectivity index (χ1) is 12.0. The van der Waals surface area contributed by atoms with E-state index in [0.29, 0.717) is 10.3 Å². The van der Waals surface area contributed by atoms with Gasteiger partial charge >= 0.3 is 6.18 Å². The van der Waals surface area contributed by atoms with Crippen LogP contribution in [0, 0.1) is 0 Å². The quantitative estimate of drug-likeness (QED) is 0.257. The van der Waals surface area contributed by atoms with E-state index in [-0.39, 0.29) is 0 Å². The van der Waals surface area contributed by atoms with Gasteiger partial charge in [0.25, 0.3) is 0 Å². The predicted molar refractivity (Wildman–Crippen MR) is 101 cm³/mol. The van der Waals surface area contributed by atoms with Gasteiger partial charge in [0.1, 0.15) is 0 Å². The first kappa shape index (κ1) is 22.3. The van der Waals surface area contributed by atoms with Crippen LogP contribution in [-0.2, 0) is 6.18 Å². The number of pyridine rings is 1. The number of alkyl halides is 3. The molecule has 5 heteroatoms. The number of hydrogen-bond acceptors (Lipinski definition) is 2. The van der Waals surface area contributed by atoms with Gasteiger partial charge < -0.3 is 0 Å². The summed E-state index contributed by atoms with van der Waals surface area (Å²) in [4.78, 5) is 4.03. The molecule has 1 aromatic heterocycles. The zero-order valence-electron chi connectivity index (χ0n) is 15.6. The van der Waals surface area contributed by atoms with Crippen molar-refractivity contribution in [1.29, 1.82) is 0 Å². The second-order valence-electron chi connectivity index (χ2n) is 6.67. The molecule has 0 fully saturated rings. The van der Waals surface area contributed by atoms with E-state index in [0.717, 1.165) is 25.1 Å². The summed E-state index contributed by atoms with van der Waals surface area (Å²) in [6.45, 7) is 4.41. The van der Waals surface area contributed by atoms with Crippen molar-refractivity contribution in [2.75, 3.05) is 0 Å². The van der Waals surface area contributed by atoms with E-state index in [1.54, 1.807) is 11.8 Å². The van der Waals surface area contributed by atoms with E-state index in [1.807, 2.05) is 0 Å². The Bertz CT molecular complexity index is 445. The monoisotopic (exact) mass is 375 g/mol. The van der Waals surface area contributed by atoms with Gasteiger partial charge in [-0.1, -0.05) is 71.6 Å². The van der Waals surface area contributed by atoms with Crippen molar-refractivity contribution in [2.24, 2.45) is 0 Å². The van der Waals surface area contributed by atoms with Crippen molar-refractivity contribution in [3.05, 3.63) is 23.9 Å².